The van der Waals surface area contributed by atoms with Crippen LogP contribution >= 0.6 is 0 Å². The van der Waals surface area contributed by atoms with Gasteiger partial charge in [0.2, 0.25) is 0 Å². The van der Waals surface area contributed by atoms with Crippen LogP contribution in [0.3, 0.4) is 0 Å². The molecule has 128 valence electrons. The fourth-order valence-electron chi connectivity index (χ4n) is 3.08. The number of hydrogen-bond acceptors (Lipinski definition) is 4. The second-order valence-corrected chi connectivity index (χ2v) is 6.46. The molecule has 0 saturated heterocycles. The summed E-state index contributed by atoms with van der Waals surface area (Å²) in [5, 5.41) is 0. The van der Waals surface area contributed by atoms with Gasteiger partial charge in [0.25, 0.3) is 0 Å². The highest BCUT2D eigenvalue weighted by molar-refractivity contribution is 5.44. The molecule has 0 aliphatic heterocycles. The molecule has 0 radical (unpaired) electrons. The first kappa shape index (κ1) is 18.1. The molecular weight excluding hydrogens is 292 g/mol. The van der Waals surface area contributed by atoms with Gasteiger partial charge < -0.3 is 18.9 Å². The predicted molar refractivity (Wildman–Crippen MR) is 91.0 cm³/mol. The van der Waals surface area contributed by atoms with E-state index in [4.69, 9.17) is 18.9 Å². The molecule has 0 aromatic heterocycles. The average Bonchev–Trinajstić information content (AvgIpc) is 2.61. The largest absolute Gasteiger partial charge is 0.349 e. The monoisotopic (exact) mass is 320 g/mol. The van der Waals surface area contributed by atoms with Crippen LogP contribution in [0.1, 0.15) is 26.7 Å². The van der Waals surface area contributed by atoms with Crippen molar-refractivity contribution < 1.29 is 18.9 Å². The molecule has 0 N–H and O–H groups in total. The van der Waals surface area contributed by atoms with Gasteiger partial charge in [0.1, 0.15) is 0 Å². The molecule has 0 amide bonds. The highest BCUT2D eigenvalue weighted by Gasteiger charge is 2.35. The van der Waals surface area contributed by atoms with Crippen molar-refractivity contribution in [1.82, 2.24) is 0 Å². The van der Waals surface area contributed by atoms with Crippen LogP contribution in [0.25, 0.3) is 0 Å². The fourth-order valence-corrected chi connectivity index (χ4v) is 3.08. The summed E-state index contributed by atoms with van der Waals surface area (Å²) in [6, 6.07) is 0. The van der Waals surface area contributed by atoms with Crippen molar-refractivity contribution in [3.8, 4) is 0 Å². The van der Waals surface area contributed by atoms with Crippen molar-refractivity contribution in [2.24, 2.45) is 5.41 Å². The Bertz CT molecular complexity index is 496. The van der Waals surface area contributed by atoms with Crippen molar-refractivity contribution in [3.63, 3.8) is 0 Å². The predicted octanol–water partition coefficient (Wildman–Crippen LogP) is 3.76. The molecule has 0 heterocycles. The molecule has 2 aliphatic carbocycles. The lowest BCUT2D eigenvalue weighted by molar-refractivity contribution is -0.168. The highest BCUT2D eigenvalue weighted by atomic mass is 16.7. The average molecular weight is 320 g/mol. The zero-order valence-electron chi connectivity index (χ0n) is 15.0. The molecule has 0 atom stereocenters. The molecule has 0 saturated carbocycles. The van der Waals surface area contributed by atoms with E-state index in [2.05, 4.69) is 38.2 Å². The molecule has 0 aromatic carbocycles. The van der Waals surface area contributed by atoms with Crippen molar-refractivity contribution in [1.29, 1.82) is 0 Å². The van der Waals surface area contributed by atoms with Gasteiger partial charge in [-0.2, -0.15) is 0 Å². The molecule has 0 unspecified atom stereocenters. The van der Waals surface area contributed by atoms with E-state index >= 15 is 0 Å². The number of ether oxygens (including phenoxy) is 4. The Labute approximate surface area is 139 Å². The van der Waals surface area contributed by atoms with Crippen LogP contribution in [0.4, 0.5) is 0 Å². The molecule has 0 bridgehead atoms. The molecular formula is C19H28O4. The molecule has 0 aromatic rings. The Morgan fingerprint density at radius 3 is 1.30 bits per heavy atom. The third kappa shape index (κ3) is 3.36. The van der Waals surface area contributed by atoms with E-state index in [0.717, 1.165) is 0 Å². The van der Waals surface area contributed by atoms with Gasteiger partial charge in [0.15, 0.2) is 11.6 Å². The van der Waals surface area contributed by atoms with Crippen LogP contribution in [0, 0.1) is 5.41 Å². The molecule has 2 aliphatic rings. The minimum Gasteiger partial charge on any atom is -0.349 e. The van der Waals surface area contributed by atoms with E-state index in [0.29, 0.717) is 12.8 Å². The lowest BCUT2D eigenvalue weighted by atomic mass is 9.73. The van der Waals surface area contributed by atoms with Gasteiger partial charge in [0.05, 0.1) is 0 Å². The summed E-state index contributed by atoms with van der Waals surface area (Å²) in [6.07, 6.45) is 14.0. The molecule has 23 heavy (non-hydrogen) atoms. The van der Waals surface area contributed by atoms with E-state index in [1.165, 1.54) is 11.1 Å². The minimum atomic E-state index is -0.641. The van der Waals surface area contributed by atoms with Gasteiger partial charge >= 0.3 is 0 Å². The smallest absolute Gasteiger partial charge is 0.190 e. The summed E-state index contributed by atoms with van der Waals surface area (Å²) in [5.74, 6) is -1.28. The SMILES string of the molecule is COC1(OC)C=CC(C(C)(C)C2=CCC(OC)(OC)C=C2)=CC1. The summed E-state index contributed by atoms with van der Waals surface area (Å²) in [4.78, 5) is 0. The van der Waals surface area contributed by atoms with Crippen molar-refractivity contribution in [3.05, 3.63) is 47.6 Å². The van der Waals surface area contributed by atoms with Gasteiger partial charge in [-0.05, 0) is 23.3 Å². The maximum Gasteiger partial charge on any atom is 0.190 e. The summed E-state index contributed by atoms with van der Waals surface area (Å²) < 4.78 is 21.9. The van der Waals surface area contributed by atoms with Crippen LogP contribution in [-0.2, 0) is 18.9 Å². The Kier molecular flexibility index (Phi) is 5.31. The van der Waals surface area contributed by atoms with Crippen molar-refractivity contribution in [2.75, 3.05) is 28.4 Å². The molecule has 0 fully saturated rings. The first-order valence-corrected chi connectivity index (χ1v) is 7.87. The van der Waals surface area contributed by atoms with E-state index in [9.17, 15) is 0 Å². The van der Waals surface area contributed by atoms with Gasteiger partial charge in [0, 0.05) is 46.7 Å². The number of allylic oxidation sites excluding steroid dienone is 4. The second kappa shape index (κ2) is 6.73. The lowest BCUT2D eigenvalue weighted by Gasteiger charge is -2.37. The molecule has 2 rings (SSSR count). The van der Waals surface area contributed by atoms with Crippen molar-refractivity contribution in [2.45, 2.75) is 38.3 Å². The lowest BCUT2D eigenvalue weighted by Crippen LogP contribution is -2.35. The normalized spacial score (nSPS) is 22.7. The van der Waals surface area contributed by atoms with Gasteiger partial charge in [-0.1, -0.05) is 38.2 Å². The summed E-state index contributed by atoms with van der Waals surface area (Å²) in [7, 11) is 6.66. The van der Waals surface area contributed by atoms with Crippen LogP contribution in [0.2, 0.25) is 0 Å². The first-order valence-electron chi connectivity index (χ1n) is 7.87. The van der Waals surface area contributed by atoms with Gasteiger partial charge in [-0.15, -0.1) is 0 Å². The van der Waals surface area contributed by atoms with E-state index in [-0.39, 0.29) is 5.41 Å². The van der Waals surface area contributed by atoms with Crippen LogP contribution in [-0.4, -0.2) is 40.0 Å². The zero-order valence-corrected chi connectivity index (χ0v) is 15.0. The number of methoxy groups -OCH3 is 4. The van der Waals surface area contributed by atoms with Crippen LogP contribution in [0.15, 0.2) is 47.6 Å². The standard InChI is InChI=1S/C19H28O4/c1-17(2,15-7-11-18(20-3,21-4)12-8-15)16-9-13-19(22-5,23-6)14-10-16/h7-11,13H,12,14H2,1-6H3. The topological polar surface area (TPSA) is 36.9 Å². The van der Waals surface area contributed by atoms with Gasteiger partial charge in [-0.25, -0.2) is 0 Å². The molecule has 0 spiro atoms. The number of rotatable bonds is 6. The fraction of sp³-hybridized carbons (Fsp3) is 0.579. The Morgan fingerprint density at radius 1 is 0.739 bits per heavy atom. The third-order valence-electron chi connectivity index (χ3n) is 5.07. The Balaban J connectivity index is 2.19. The summed E-state index contributed by atoms with van der Waals surface area (Å²) in [6.45, 7) is 4.44. The number of hydrogen-bond donors (Lipinski definition) is 0. The summed E-state index contributed by atoms with van der Waals surface area (Å²) in [5.41, 5.74) is 2.40. The first-order chi connectivity index (χ1) is 10.9. The van der Waals surface area contributed by atoms with E-state index < -0.39 is 11.6 Å². The van der Waals surface area contributed by atoms with Gasteiger partial charge in [-0.3, -0.25) is 0 Å². The Hall–Kier alpha value is -1.20. The Morgan fingerprint density at radius 2 is 1.09 bits per heavy atom. The van der Waals surface area contributed by atoms with Crippen LogP contribution in [0.5, 0.6) is 0 Å². The molecule has 4 nitrogen and oxygen atoms in total. The highest BCUT2D eigenvalue weighted by Crippen LogP contribution is 2.42. The second-order valence-electron chi connectivity index (χ2n) is 6.46. The minimum absolute atomic E-state index is 0.103. The third-order valence-corrected chi connectivity index (χ3v) is 5.07. The van der Waals surface area contributed by atoms with Crippen molar-refractivity contribution >= 4 is 0 Å². The van der Waals surface area contributed by atoms with Crippen LogP contribution < -0.4 is 0 Å². The quantitative estimate of drug-likeness (QED) is 0.698. The van der Waals surface area contributed by atoms with E-state index in [1.54, 1.807) is 28.4 Å². The van der Waals surface area contributed by atoms with E-state index in [1.807, 2.05) is 12.2 Å². The maximum absolute atomic E-state index is 5.48. The summed E-state index contributed by atoms with van der Waals surface area (Å²) >= 11 is 0. The molecule has 4 heteroatoms. The zero-order chi connectivity index (χ0) is 17.1. The maximum atomic E-state index is 5.48.